The van der Waals surface area contributed by atoms with Crippen LogP contribution in [0.3, 0.4) is 0 Å². The second-order valence-electron chi connectivity index (χ2n) is 8.93. The van der Waals surface area contributed by atoms with Crippen molar-refractivity contribution in [3.05, 3.63) is 93.5 Å². The number of cyclic esters (lactones) is 1. The first-order valence-corrected chi connectivity index (χ1v) is 12.0. The highest BCUT2D eigenvalue weighted by atomic mass is 79.9. The molecule has 0 fully saturated rings. The lowest BCUT2D eigenvalue weighted by Crippen LogP contribution is -2.61. The van der Waals surface area contributed by atoms with Gasteiger partial charge in [0.05, 0.1) is 24.4 Å². The third-order valence-electron chi connectivity index (χ3n) is 6.93. The summed E-state index contributed by atoms with van der Waals surface area (Å²) in [6.45, 7) is 1.97. The van der Waals surface area contributed by atoms with E-state index in [1.165, 1.54) is 0 Å². The van der Waals surface area contributed by atoms with Gasteiger partial charge in [0.1, 0.15) is 11.5 Å². The monoisotopic (exact) mass is 518 g/mol. The molecule has 0 unspecified atom stereocenters. The maximum Gasteiger partial charge on any atom is 0.338 e. The van der Waals surface area contributed by atoms with E-state index in [0.717, 1.165) is 38.4 Å². The van der Waals surface area contributed by atoms with Gasteiger partial charge in [0, 0.05) is 29.8 Å². The van der Waals surface area contributed by atoms with Gasteiger partial charge in [-0.3, -0.25) is 0 Å². The minimum atomic E-state index is -0.969. The molecule has 3 aliphatic heterocycles. The van der Waals surface area contributed by atoms with Crippen molar-refractivity contribution in [3.63, 3.8) is 0 Å². The van der Waals surface area contributed by atoms with Gasteiger partial charge in [-0.05, 0) is 59.7 Å². The van der Waals surface area contributed by atoms with E-state index in [9.17, 15) is 4.79 Å². The molecule has 7 heteroatoms. The molecule has 6 rings (SSSR count). The van der Waals surface area contributed by atoms with Gasteiger partial charge in [-0.2, -0.15) is 5.10 Å². The van der Waals surface area contributed by atoms with Crippen molar-refractivity contribution in [2.24, 2.45) is 5.10 Å². The molecule has 3 atom stereocenters. The largest absolute Gasteiger partial charge is 0.497 e. The molecule has 0 aromatic heterocycles. The number of methoxy groups -OCH3 is 1. The average Bonchev–Trinajstić information content (AvgIpc) is 3.32. The lowest BCUT2D eigenvalue weighted by atomic mass is 9.89. The summed E-state index contributed by atoms with van der Waals surface area (Å²) in [6, 6.07) is 21.5. The highest BCUT2D eigenvalue weighted by molar-refractivity contribution is 9.10. The Labute approximate surface area is 206 Å². The highest BCUT2D eigenvalue weighted by Gasteiger charge is 2.54. The van der Waals surface area contributed by atoms with Gasteiger partial charge in [-0.15, -0.1) is 0 Å². The number of halogens is 1. The SMILES string of the molecule is COc1ccc(C2=NN3[C@H](C2)c2cc(Br)ccc2O[C@@]3(C)[C@@H]2Cc3ccccc3C(=O)O2)cc1. The summed E-state index contributed by atoms with van der Waals surface area (Å²) in [4.78, 5) is 12.9. The van der Waals surface area contributed by atoms with Crippen molar-refractivity contribution >= 4 is 27.6 Å². The summed E-state index contributed by atoms with van der Waals surface area (Å²) >= 11 is 3.60. The summed E-state index contributed by atoms with van der Waals surface area (Å²) in [5.41, 5.74) is 3.65. The van der Waals surface area contributed by atoms with E-state index in [1.807, 2.05) is 72.6 Å². The molecule has 0 saturated heterocycles. The second kappa shape index (κ2) is 7.87. The minimum absolute atomic E-state index is 0.0424. The molecule has 3 aromatic rings. The van der Waals surface area contributed by atoms with Crippen molar-refractivity contribution in [3.8, 4) is 11.5 Å². The molecule has 6 nitrogen and oxygen atoms in total. The molecule has 0 radical (unpaired) electrons. The van der Waals surface area contributed by atoms with Crippen LogP contribution in [-0.4, -0.2) is 35.6 Å². The summed E-state index contributed by atoms with van der Waals surface area (Å²) in [7, 11) is 1.66. The van der Waals surface area contributed by atoms with E-state index < -0.39 is 11.8 Å². The van der Waals surface area contributed by atoms with Crippen LogP contribution in [0.4, 0.5) is 0 Å². The van der Waals surface area contributed by atoms with Crippen LogP contribution in [0.5, 0.6) is 11.5 Å². The van der Waals surface area contributed by atoms with Crippen LogP contribution in [0.15, 0.2) is 76.3 Å². The molecule has 34 heavy (non-hydrogen) atoms. The number of ether oxygens (including phenoxy) is 3. The molecule has 0 spiro atoms. The van der Waals surface area contributed by atoms with E-state index in [2.05, 4.69) is 22.0 Å². The number of hydrazone groups is 1. The Balaban J connectivity index is 1.43. The van der Waals surface area contributed by atoms with Crippen molar-refractivity contribution < 1.29 is 19.0 Å². The zero-order valence-corrected chi connectivity index (χ0v) is 20.4. The highest BCUT2D eigenvalue weighted by Crippen LogP contribution is 2.50. The third kappa shape index (κ3) is 3.29. The van der Waals surface area contributed by atoms with Crippen LogP contribution in [0.1, 0.15) is 46.4 Å². The molecule has 0 bridgehead atoms. The fourth-order valence-corrected chi connectivity index (χ4v) is 5.48. The van der Waals surface area contributed by atoms with E-state index in [-0.39, 0.29) is 12.0 Å². The first-order valence-electron chi connectivity index (χ1n) is 11.2. The van der Waals surface area contributed by atoms with Crippen LogP contribution in [0.2, 0.25) is 0 Å². The maximum absolute atomic E-state index is 12.9. The Hall–Kier alpha value is -3.32. The first kappa shape index (κ1) is 21.2. The lowest BCUT2D eigenvalue weighted by molar-refractivity contribution is -0.175. The van der Waals surface area contributed by atoms with Gasteiger partial charge in [-0.25, -0.2) is 9.80 Å². The van der Waals surface area contributed by atoms with Crippen LogP contribution < -0.4 is 9.47 Å². The molecular weight excluding hydrogens is 496 g/mol. The van der Waals surface area contributed by atoms with Crippen LogP contribution in [-0.2, 0) is 11.2 Å². The fraction of sp³-hybridized carbons (Fsp3) is 0.259. The van der Waals surface area contributed by atoms with Gasteiger partial charge in [-0.1, -0.05) is 34.1 Å². The predicted molar refractivity (Wildman–Crippen MR) is 131 cm³/mol. The molecule has 172 valence electrons. The standard InChI is InChI=1S/C27H23BrN2O4/c1-27(25-13-17-5-3-4-6-20(17)26(31)33-25)30-23(21-14-18(28)9-12-24(21)34-27)15-22(29-30)16-7-10-19(32-2)11-8-16/h3-12,14,23,25H,13,15H2,1-2H3/t23-,25+,27+/m1/s1. The number of esters is 1. The Morgan fingerprint density at radius 1 is 1.09 bits per heavy atom. The Morgan fingerprint density at radius 3 is 2.68 bits per heavy atom. The van der Waals surface area contributed by atoms with Gasteiger partial charge >= 0.3 is 5.97 Å². The number of rotatable bonds is 3. The Kier molecular flexibility index (Phi) is 4.92. The Morgan fingerprint density at radius 2 is 1.88 bits per heavy atom. The van der Waals surface area contributed by atoms with E-state index in [4.69, 9.17) is 19.3 Å². The van der Waals surface area contributed by atoms with Crippen molar-refractivity contribution in [1.82, 2.24) is 5.01 Å². The topological polar surface area (TPSA) is 60.4 Å². The smallest absolute Gasteiger partial charge is 0.338 e. The van der Waals surface area contributed by atoms with Gasteiger partial charge in [0.15, 0.2) is 6.10 Å². The Bertz CT molecular complexity index is 1320. The zero-order chi connectivity index (χ0) is 23.4. The van der Waals surface area contributed by atoms with E-state index >= 15 is 0 Å². The molecule has 0 amide bonds. The second-order valence-corrected chi connectivity index (χ2v) is 9.85. The first-order chi connectivity index (χ1) is 16.5. The average molecular weight is 519 g/mol. The quantitative estimate of drug-likeness (QED) is 0.428. The maximum atomic E-state index is 12.9. The zero-order valence-electron chi connectivity index (χ0n) is 18.8. The number of hydrogen-bond acceptors (Lipinski definition) is 6. The number of benzene rings is 3. The van der Waals surface area contributed by atoms with Crippen molar-refractivity contribution in [2.75, 3.05) is 7.11 Å². The van der Waals surface area contributed by atoms with E-state index in [0.29, 0.717) is 18.4 Å². The van der Waals surface area contributed by atoms with Gasteiger partial charge in [0.25, 0.3) is 0 Å². The molecule has 0 N–H and O–H groups in total. The van der Waals surface area contributed by atoms with Crippen molar-refractivity contribution in [1.29, 1.82) is 0 Å². The number of fused-ring (bicyclic) bond motifs is 4. The molecule has 3 aliphatic rings. The molecular formula is C27H23BrN2O4. The van der Waals surface area contributed by atoms with Crippen LogP contribution >= 0.6 is 15.9 Å². The summed E-state index contributed by atoms with van der Waals surface area (Å²) in [5.74, 6) is 1.26. The fourth-order valence-electron chi connectivity index (χ4n) is 5.11. The molecule has 0 aliphatic carbocycles. The number of hydrogen-bond donors (Lipinski definition) is 0. The lowest BCUT2D eigenvalue weighted by Gasteiger charge is -2.49. The number of nitrogens with zero attached hydrogens (tertiary/aromatic N) is 2. The minimum Gasteiger partial charge on any atom is -0.497 e. The van der Waals surface area contributed by atoms with Crippen LogP contribution in [0, 0.1) is 0 Å². The number of carbonyl (C=O) groups excluding carboxylic acids is 1. The predicted octanol–water partition coefficient (Wildman–Crippen LogP) is 5.50. The molecule has 3 heterocycles. The molecule has 0 saturated carbocycles. The normalized spacial score (nSPS) is 24.9. The number of carbonyl (C=O) groups is 1. The van der Waals surface area contributed by atoms with Crippen molar-refractivity contribution in [2.45, 2.75) is 37.6 Å². The summed E-state index contributed by atoms with van der Waals surface area (Å²) in [5, 5.41) is 7.04. The third-order valence-corrected chi connectivity index (χ3v) is 7.42. The summed E-state index contributed by atoms with van der Waals surface area (Å²) < 4.78 is 18.9. The molecule has 3 aromatic carbocycles. The van der Waals surface area contributed by atoms with E-state index in [1.54, 1.807) is 7.11 Å². The van der Waals surface area contributed by atoms with Crippen LogP contribution in [0.25, 0.3) is 0 Å². The van der Waals surface area contributed by atoms with Gasteiger partial charge < -0.3 is 14.2 Å². The summed E-state index contributed by atoms with van der Waals surface area (Å²) in [6.07, 6.45) is 0.750. The van der Waals surface area contributed by atoms with Gasteiger partial charge in [0.2, 0.25) is 5.72 Å².